The molecule has 1 amide bonds. The molecular formula is C18H22ClN3O4. The van der Waals surface area contributed by atoms with Crippen molar-refractivity contribution in [3.63, 3.8) is 0 Å². The molecule has 2 N–H and O–H groups in total. The van der Waals surface area contributed by atoms with Crippen LogP contribution < -0.4 is 10.5 Å². The number of anilines is 1. The van der Waals surface area contributed by atoms with Gasteiger partial charge in [0.05, 0.1) is 23.9 Å². The second kappa shape index (κ2) is 8.28. The Morgan fingerprint density at radius 2 is 2.00 bits per heavy atom. The molecule has 0 aliphatic heterocycles. The molecule has 0 saturated heterocycles. The maximum atomic E-state index is 12.4. The zero-order valence-electron chi connectivity index (χ0n) is 14.9. The monoisotopic (exact) mass is 379 g/mol. The van der Waals surface area contributed by atoms with Gasteiger partial charge < -0.3 is 20.1 Å². The summed E-state index contributed by atoms with van der Waals surface area (Å²) >= 11 is 5.94. The fourth-order valence-corrected chi connectivity index (χ4v) is 3.26. The average Bonchev–Trinajstić information content (AvgIpc) is 2.67. The maximum absolute atomic E-state index is 12.4. The molecule has 0 aromatic heterocycles. The van der Waals surface area contributed by atoms with Crippen molar-refractivity contribution in [2.24, 2.45) is 0 Å². The highest BCUT2D eigenvalue weighted by Gasteiger charge is 2.39. The lowest BCUT2D eigenvalue weighted by molar-refractivity contribution is -0.138. The molecule has 0 radical (unpaired) electrons. The van der Waals surface area contributed by atoms with Crippen LogP contribution in [0.25, 0.3) is 0 Å². The van der Waals surface area contributed by atoms with Gasteiger partial charge in [-0.3, -0.25) is 4.79 Å². The highest BCUT2D eigenvalue weighted by Crippen LogP contribution is 2.33. The topological polar surface area (TPSA) is 106 Å². The number of carbonyl (C=O) groups is 2. The van der Waals surface area contributed by atoms with E-state index in [0.29, 0.717) is 12.8 Å². The molecule has 7 nitrogen and oxygen atoms in total. The number of amides is 1. The number of likely N-dealkylation sites (N-methyl/N-ethyl adjacent to an activating group) is 1. The van der Waals surface area contributed by atoms with Crippen LogP contribution in [-0.2, 0) is 9.53 Å². The van der Waals surface area contributed by atoms with Gasteiger partial charge in [-0.2, -0.15) is 5.26 Å². The SMILES string of the molecule is COc1cc(N)c(Cl)cc1C(=O)OCC(=O)N(C)C1(C#N)CCCCC1. The fourth-order valence-electron chi connectivity index (χ4n) is 3.10. The Labute approximate surface area is 157 Å². The Hall–Kier alpha value is -2.46. The first-order valence-electron chi connectivity index (χ1n) is 8.32. The number of benzene rings is 1. The fraction of sp³-hybridized carbons (Fsp3) is 0.500. The summed E-state index contributed by atoms with van der Waals surface area (Å²) in [5.41, 5.74) is 5.20. The summed E-state index contributed by atoms with van der Waals surface area (Å²) in [5, 5.41) is 9.73. The van der Waals surface area contributed by atoms with Crippen LogP contribution in [0.2, 0.25) is 5.02 Å². The molecular weight excluding hydrogens is 358 g/mol. The van der Waals surface area contributed by atoms with Gasteiger partial charge in [0.25, 0.3) is 5.91 Å². The normalized spacial score (nSPS) is 15.6. The van der Waals surface area contributed by atoms with E-state index in [1.807, 2.05) is 0 Å². The number of hydrogen-bond acceptors (Lipinski definition) is 6. The van der Waals surface area contributed by atoms with Gasteiger partial charge in [-0.25, -0.2) is 4.79 Å². The van der Waals surface area contributed by atoms with Gasteiger partial charge in [0.15, 0.2) is 6.61 Å². The van der Waals surface area contributed by atoms with Crippen LogP contribution in [0.15, 0.2) is 12.1 Å². The third kappa shape index (κ3) is 4.02. The summed E-state index contributed by atoms with van der Waals surface area (Å²) in [6.07, 6.45) is 4.10. The number of methoxy groups -OCH3 is 1. The van der Waals surface area contributed by atoms with Gasteiger partial charge in [-0.15, -0.1) is 0 Å². The minimum absolute atomic E-state index is 0.0785. The third-order valence-electron chi connectivity index (χ3n) is 4.77. The Morgan fingerprint density at radius 3 is 2.58 bits per heavy atom. The number of nitriles is 1. The van der Waals surface area contributed by atoms with Crippen LogP contribution in [0.3, 0.4) is 0 Å². The Bertz CT molecular complexity index is 739. The van der Waals surface area contributed by atoms with Crippen LogP contribution in [-0.4, -0.2) is 43.1 Å². The number of carbonyl (C=O) groups excluding carboxylic acids is 2. The highest BCUT2D eigenvalue weighted by atomic mass is 35.5. The van der Waals surface area contributed by atoms with E-state index in [4.69, 9.17) is 26.8 Å². The van der Waals surface area contributed by atoms with Crippen LogP contribution in [0.1, 0.15) is 42.5 Å². The first-order valence-corrected chi connectivity index (χ1v) is 8.70. The van der Waals surface area contributed by atoms with E-state index in [-0.39, 0.29) is 22.0 Å². The molecule has 1 aliphatic carbocycles. The third-order valence-corrected chi connectivity index (χ3v) is 5.10. The average molecular weight is 380 g/mol. The number of rotatable bonds is 5. The van der Waals surface area contributed by atoms with Gasteiger partial charge in [-0.1, -0.05) is 30.9 Å². The Kier molecular flexibility index (Phi) is 6.32. The molecule has 1 aliphatic rings. The van der Waals surface area contributed by atoms with E-state index in [0.717, 1.165) is 19.3 Å². The molecule has 0 heterocycles. The van der Waals surface area contributed by atoms with E-state index in [2.05, 4.69) is 6.07 Å². The van der Waals surface area contributed by atoms with Gasteiger partial charge in [-0.05, 0) is 18.9 Å². The quantitative estimate of drug-likeness (QED) is 0.622. The molecule has 1 aromatic rings. The van der Waals surface area contributed by atoms with Crippen molar-refractivity contribution >= 4 is 29.2 Å². The van der Waals surface area contributed by atoms with E-state index in [1.54, 1.807) is 7.05 Å². The molecule has 26 heavy (non-hydrogen) atoms. The first kappa shape index (κ1) is 19.9. The molecule has 0 atom stereocenters. The van der Waals surface area contributed by atoms with Gasteiger partial charge in [0.1, 0.15) is 16.9 Å². The van der Waals surface area contributed by atoms with E-state index in [9.17, 15) is 14.9 Å². The molecule has 8 heteroatoms. The number of ether oxygens (including phenoxy) is 2. The predicted molar refractivity (Wildman–Crippen MR) is 96.9 cm³/mol. The molecule has 1 fully saturated rings. The first-order chi connectivity index (χ1) is 12.3. The van der Waals surface area contributed by atoms with Crippen molar-refractivity contribution in [2.45, 2.75) is 37.6 Å². The molecule has 1 saturated carbocycles. The van der Waals surface area contributed by atoms with Crippen molar-refractivity contribution in [2.75, 3.05) is 26.5 Å². The lowest BCUT2D eigenvalue weighted by Gasteiger charge is -2.38. The van der Waals surface area contributed by atoms with Gasteiger partial charge in [0.2, 0.25) is 0 Å². The van der Waals surface area contributed by atoms with Crippen molar-refractivity contribution in [3.8, 4) is 11.8 Å². The number of nitrogens with zero attached hydrogens (tertiary/aromatic N) is 2. The predicted octanol–water partition coefficient (Wildman–Crippen LogP) is 2.77. The summed E-state index contributed by atoms with van der Waals surface area (Å²) in [7, 11) is 2.96. The second-order valence-corrected chi connectivity index (χ2v) is 6.71. The van der Waals surface area contributed by atoms with Crippen molar-refractivity contribution in [1.29, 1.82) is 5.26 Å². The van der Waals surface area contributed by atoms with Crippen molar-refractivity contribution < 1.29 is 19.1 Å². The lowest BCUT2D eigenvalue weighted by Crippen LogP contribution is -2.51. The molecule has 0 bridgehead atoms. The molecule has 0 spiro atoms. The van der Waals surface area contributed by atoms with E-state index >= 15 is 0 Å². The van der Waals surface area contributed by atoms with Crippen LogP contribution in [0.4, 0.5) is 5.69 Å². The summed E-state index contributed by atoms with van der Waals surface area (Å²) in [6.45, 7) is -0.468. The number of hydrogen-bond donors (Lipinski definition) is 1. The smallest absolute Gasteiger partial charge is 0.342 e. The molecule has 140 valence electrons. The zero-order valence-corrected chi connectivity index (χ0v) is 15.6. The molecule has 2 rings (SSSR count). The summed E-state index contributed by atoms with van der Waals surface area (Å²) in [4.78, 5) is 26.1. The van der Waals surface area contributed by atoms with Crippen LogP contribution >= 0.6 is 11.6 Å². The number of nitrogen functional groups attached to an aromatic ring is 1. The van der Waals surface area contributed by atoms with E-state index in [1.165, 1.54) is 24.1 Å². The number of halogens is 1. The second-order valence-electron chi connectivity index (χ2n) is 6.31. The number of esters is 1. The summed E-state index contributed by atoms with van der Waals surface area (Å²) in [5.74, 6) is -0.971. The zero-order chi connectivity index (χ0) is 19.3. The Balaban J connectivity index is 2.06. The summed E-state index contributed by atoms with van der Waals surface area (Å²) in [6, 6.07) is 5.02. The molecule has 1 aromatic carbocycles. The van der Waals surface area contributed by atoms with Crippen molar-refractivity contribution in [3.05, 3.63) is 22.7 Å². The Morgan fingerprint density at radius 1 is 1.35 bits per heavy atom. The highest BCUT2D eigenvalue weighted by molar-refractivity contribution is 6.33. The standard InChI is InChI=1S/C18H22ClN3O4/c1-22(18(11-20)6-4-3-5-7-18)16(23)10-26-17(24)12-8-13(19)14(21)9-15(12)25-2/h8-9H,3-7,10,21H2,1-2H3. The minimum atomic E-state index is -0.829. The largest absolute Gasteiger partial charge is 0.496 e. The number of nitrogens with two attached hydrogens (primary N) is 1. The maximum Gasteiger partial charge on any atom is 0.342 e. The van der Waals surface area contributed by atoms with Crippen LogP contribution in [0.5, 0.6) is 5.75 Å². The summed E-state index contributed by atoms with van der Waals surface area (Å²) < 4.78 is 10.2. The molecule has 0 unspecified atom stereocenters. The van der Waals surface area contributed by atoms with Crippen molar-refractivity contribution in [1.82, 2.24) is 4.90 Å². The van der Waals surface area contributed by atoms with Gasteiger partial charge in [0, 0.05) is 13.1 Å². The minimum Gasteiger partial charge on any atom is -0.496 e. The lowest BCUT2D eigenvalue weighted by atomic mass is 9.81. The van der Waals surface area contributed by atoms with Crippen LogP contribution in [0, 0.1) is 11.3 Å². The van der Waals surface area contributed by atoms with E-state index < -0.39 is 24.0 Å². The van der Waals surface area contributed by atoms with Gasteiger partial charge >= 0.3 is 5.97 Å².